The van der Waals surface area contributed by atoms with E-state index in [0.717, 1.165) is 10.8 Å². The maximum Gasteiger partial charge on any atom is 0.218 e. The molecule has 0 amide bonds. The Hall–Kier alpha value is -1.69. The van der Waals surface area contributed by atoms with Gasteiger partial charge in [-0.25, -0.2) is 15.0 Å². The largest absolute Gasteiger partial charge is 0.478 e. The summed E-state index contributed by atoms with van der Waals surface area (Å²) in [6.45, 7) is 4.64. The number of ether oxygens (including phenoxy) is 1. The van der Waals surface area contributed by atoms with Crippen LogP contribution in [0.4, 0.5) is 5.82 Å². The van der Waals surface area contributed by atoms with E-state index in [1.165, 1.54) is 24.0 Å². The highest BCUT2D eigenvalue weighted by Crippen LogP contribution is 2.43. The SMILES string of the molecule is CCOc1cc(NC(c2ncc(C)s2)C2CC2)ncn1. The molecule has 1 N–H and O–H groups in total. The van der Waals surface area contributed by atoms with Gasteiger partial charge < -0.3 is 10.1 Å². The van der Waals surface area contributed by atoms with Crippen LogP contribution < -0.4 is 10.1 Å². The molecule has 5 nitrogen and oxygen atoms in total. The fourth-order valence-corrected chi connectivity index (χ4v) is 3.05. The molecule has 2 heterocycles. The quantitative estimate of drug-likeness (QED) is 0.885. The lowest BCUT2D eigenvalue weighted by molar-refractivity contribution is 0.326. The van der Waals surface area contributed by atoms with Gasteiger partial charge in [-0.2, -0.15) is 0 Å². The van der Waals surface area contributed by atoms with Crippen LogP contribution in [0.25, 0.3) is 0 Å². The number of hydrogen-bond acceptors (Lipinski definition) is 6. The van der Waals surface area contributed by atoms with Gasteiger partial charge in [-0.1, -0.05) is 0 Å². The average Bonchev–Trinajstić information content (AvgIpc) is 3.19. The Bertz CT molecular complexity index is 582. The molecule has 106 valence electrons. The van der Waals surface area contributed by atoms with Crippen molar-refractivity contribution in [1.82, 2.24) is 15.0 Å². The zero-order chi connectivity index (χ0) is 13.9. The van der Waals surface area contributed by atoms with Gasteiger partial charge in [0, 0.05) is 17.1 Å². The van der Waals surface area contributed by atoms with Gasteiger partial charge in [-0.15, -0.1) is 11.3 Å². The highest BCUT2D eigenvalue weighted by Gasteiger charge is 2.34. The molecule has 2 aromatic rings. The van der Waals surface area contributed by atoms with Crippen molar-refractivity contribution in [1.29, 1.82) is 0 Å². The van der Waals surface area contributed by atoms with E-state index in [1.807, 2.05) is 19.2 Å². The molecular formula is C14H18N4OS. The van der Waals surface area contributed by atoms with Gasteiger partial charge >= 0.3 is 0 Å². The standard InChI is InChI=1S/C14H18N4OS/c1-3-19-12-6-11(16-8-17-12)18-13(10-4-5-10)14-15-7-9(2)20-14/h6-8,10,13H,3-5H2,1-2H3,(H,16,17,18). The van der Waals surface area contributed by atoms with Crippen molar-refractivity contribution >= 4 is 17.2 Å². The maximum atomic E-state index is 5.41. The Labute approximate surface area is 122 Å². The molecule has 3 rings (SSSR count). The van der Waals surface area contributed by atoms with Crippen LogP contribution in [-0.4, -0.2) is 21.6 Å². The van der Waals surface area contributed by atoms with E-state index < -0.39 is 0 Å². The van der Waals surface area contributed by atoms with Gasteiger partial charge in [0.15, 0.2) is 0 Å². The van der Waals surface area contributed by atoms with Crippen LogP contribution in [0.3, 0.4) is 0 Å². The van der Waals surface area contributed by atoms with E-state index in [-0.39, 0.29) is 6.04 Å². The number of hydrogen-bond donors (Lipinski definition) is 1. The van der Waals surface area contributed by atoms with Crippen molar-refractivity contribution in [3.8, 4) is 5.88 Å². The summed E-state index contributed by atoms with van der Waals surface area (Å²) in [5, 5.41) is 4.63. The summed E-state index contributed by atoms with van der Waals surface area (Å²) in [4.78, 5) is 14.1. The van der Waals surface area contributed by atoms with Gasteiger partial charge in [-0.3, -0.25) is 0 Å². The Morgan fingerprint density at radius 2 is 2.25 bits per heavy atom. The molecule has 1 aliphatic rings. The lowest BCUT2D eigenvalue weighted by atomic mass is 10.2. The molecular weight excluding hydrogens is 272 g/mol. The monoisotopic (exact) mass is 290 g/mol. The van der Waals surface area contributed by atoms with Crippen molar-refractivity contribution in [2.75, 3.05) is 11.9 Å². The Balaban J connectivity index is 1.78. The van der Waals surface area contributed by atoms with Gasteiger partial charge in [-0.05, 0) is 32.6 Å². The fourth-order valence-electron chi connectivity index (χ4n) is 2.13. The molecule has 0 radical (unpaired) electrons. The minimum atomic E-state index is 0.248. The van der Waals surface area contributed by atoms with Gasteiger partial charge in [0.2, 0.25) is 5.88 Å². The summed E-state index contributed by atoms with van der Waals surface area (Å²) in [5.74, 6) is 2.06. The van der Waals surface area contributed by atoms with Gasteiger partial charge in [0.25, 0.3) is 0 Å². The second kappa shape index (κ2) is 5.75. The minimum Gasteiger partial charge on any atom is -0.478 e. The normalized spacial score (nSPS) is 15.9. The third kappa shape index (κ3) is 3.07. The molecule has 1 aliphatic carbocycles. The van der Waals surface area contributed by atoms with Crippen molar-refractivity contribution < 1.29 is 4.74 Å². The van der Waals surface area contributed by atoms with E-state index in [9.17, 15) is 0 Å². The fraction of sp³-hybridized carbons (Fsp3) is 0.500. The van der Waals surface area contributed by atoms with Gasteiger partial charge in [0.1, 0.15) is 17.2 Å². The molecule has 0 spiro atoms. The van der Waals surface area contributed by atoms with Crippen LogP contribution in [0, 0.1) is 12.8 Å². The first-order chi connectivity index (χ1) is 9.76. The third-order valence-corrected chi connectivity index (χ3v) is 4.23. The van der Waals surface area contributed by atoms with Crippen LogP contribution in [0.2, 0.25) is 0 Å². The molecule has 1 fully saturated rings. The molecule has 2 aromatic heterocycles. The summed E-state index contributed by atoms with van der Waals surface area (Å²) < 4.78 is 5.41. The van der Waals surface area contributed by atoms with Crippen LogP contribution in [0.1, 0.15) is 35.7 Å². The van der Waals surface area contributed by atoms with Crippen molar-refractivity contribution in [3.05, 3.63) is 28.5 Å². The first-order valence-corrected chi connectivity index (χ1v) is 7.71. The smallest absolute Gasteiger partial charge is 0.218 e. The zero-order valence-corrected chi connectivity index (χ0v) is 12.5. The van der Waals surface area contributed by atoms with Crippen molar-refractivity contribution in [3.63, 3.8) is 0 Å². The number of rotatable bonds is 6. The minimum absolute atomic E-state index is 0.248. The van der Waals surface area contributed by atoms with Crippen molar-refractivity contribution in [2.24, 2.45) is 5.92 Å². The van der Waals surface area contributed by atoms with Crippen LogP contribution in [0.15, 0.2) is 18.6 Å². The molecule has 1 saturated carbocycles. The summed E-state index contributed by atoms with van der Waals surface area (Å²) in [7, 11) is 0. The maximum absolute atomic E-state index is 5.41. The number of aromatic nitrogens is 3. The second-order valence-electron chi connectivity index (χ2n) is 4.94. The van der Waals surface area contributed by atoms with E-state index in [4.69, 9.17) is 4.74 Å². The molecule has 20 heavy (non-hydrogen) atoms. The van der Waals surface area contributed by atoms with Crippen LogP contribution in [0.5, 0.6) is 5.88 Å². The first kappa shape index (κ1) is 13.3. The summed E-state index contributed by atoms with van der Waals surface area (Å²) in [6, 6.07) is 2.09. The van der Waals surface area contributed by atoms with E-state index in [1.54, 1.807) is 11.3 Å². The molecule has 0 aliphatic heterocycles. The number of anilines is 1. The predicted molar refractivity (Wildman–Crippen MR) is 79.1 cm³/mol. The third-order valence-electron chi connectivity index (χ3n) is 3.24. The zero-order valence-electron chi connectivity index (χ0n) is 11.7. The summed E-state index contributed by atoms with van der Waals surface area (Å²) in [5.41, 5.74) is 0. The predicted octanol–water partition coefficient (Wildman–Crippen LogP) is 3.20. The highest BCUT2D eigenvalue weighted by atomic mass is 32.1. The van der Waals surface area contributed by atoms with E-state index >= 15 is 0 Å². The van der Waals surface area contributed by atoms with E-state index in [0.29, 0.717) is 18.4 Å². The highest BCUT2D eigenvalue weighted by molar-refractivity contribution is 7.11. The Morgan fingerprint density at radius 3 is 2.90 bits per heavy atom. The van der Waals surface area contributed by atoms with Crippen LogP contribution >= 0.6 is 11.3 Å². The van der Waals surface area contributed by atoms with Gasteiger partial charge in [0.05, 0.1) is 12.6 Å². The lowest BCUT2D eigenvalue weighted by Crippen LogP contribution is -2.13. The number of nitrogens with one attached hydrogen (secondary N) is 1. The number of thiazole rings is 1. The van der Waals surface area contributed by atoms with Crippen molar-refractivity contribution in [2.45, 2.75) is 32.7 Å². The molecule has 0 aromatic carbocycles. The molecule has 1 atom stereocenters. The van der Waals surface area contributed by atoms with Crippen LogP contribution in [-0.2, 0) is 0 Å². The Kier molecular flexibility index (Phi) is 3.82. The number of nitrogens with zero attached hydrogens (tertiary/aromatic N) is 3. The molecule has 1 unspecified atom stereocenters. The average molecular weight is 290 g/mol. The number of aryl methyl sites for hydroxylation is 1. The Morgan fingerprint density at radius 1 is 1.40 bits per heavy atom. The first-order valence-electron chi connectivity index (χ1n) is 6.90. The van der Waals surface area contributed by atoms with E-state index in [2.05, 4.69) is 27.2 Å². The molecule has 0 bridgehead atoms. The molecule has 6 heteroatoms. The topological polar surface area (TPSA) is 59.9 Å². The second-order valence-corrected chi connectivity index (χ2v) is 6.21. The summed E-state index contributed by atoms with van der Waals surface area (Å²) in [6.07, 6.45) is 5.96. The molecule has 0 saturated heterocycles. The summed E-state index contributed by atoms with van der Waals surface area (Å²) >= 11 is 1.75. The lowest BCUT2D eigenvalue weighted by Gasteiger charge is -2.16.